The molecule has 11 nitrogen and oxygen atoms in total. The Kier molecular flexibility index (Phi) is 6.80. The number of amides is 2. The quantitative estimate of drug-likeness (QED) is 0.312. The molecule has 6 rings (SSSR count). The monoisotopic (exact) mass is 558 g/mol. The van der Waals surface area contributed by atoms with Crippen LogP contribution in [0.15, 0.2) is 48.0 Å². The zero-order chi connectivity index (χ0) is 27.9. The number of thiazole rings is 1. The van der Waals surface area contributed by atoms with Gasteiger partial charge in [0.2, 0.25) is 5.95 Å². The van der Waals surface area contributed by atoms with Crippen LogP contribution >= 0.6 is 11.3 Å². The first-order chi connectivity index (χ1) is 19.4. The number of likely N-dealkylation sites (N-methyl/N-ethyl adjacent to an activating group) is 1. The first kappa shape index (κ1) is 26.1. The Bertz CT molecular complexity index is 1580. The molecule has 206 valence electrons. The van der Waals surface area contributed by atoms with Gasteiger partial charge in [0.05, 0.1) is 11.7 Å². The molecule has 40 heavy (non-hydrogen) atoms. The van der Waals surface area contributed by atoms with Gasteiger partial charge in [0, 0.05) is 50.3 Å². The van der Waals surface area contributed by atoms with Gasteiger partial charge in [-0.1, -0.05) is 31.0 Å². The number of aliphatic hydroxyl groups is 1. The fourth-order valence-corrected chi connectivity index (χ4v) is 6.20. The van der Waals surface area contributed by atoms with Crippen LogP contribution in [0.2, 0.25) is 0 Å². The van der Waals surface area contributed by atoms with Gasteiger partial charge < -0.3 is 20.6 Å². The molecule has 1 saturated heterocycles. The third-order valence-corrected chi connectivity index (χ3v) is 8.52. The molecule has 2 amide bonds. The highest BCUT2D eigenvalue weighted by atomic mass is 32.1. The van der Waals surface area contributed by atoms with E-state index >= 15 is 0 Å². The summed E-state index contributed by atoms with van der Waals surface area (Å²) in [7, 11) is 3.29. The SMILES string of the molecule is CNC(=O)c1cc(Nc2nccc(-c3csc(-c4cccc(C5(O)CCN(C)C5=O)c4)n3)n2)n(C2CCCC2)n1. The molecule has 4 heterocycles. The van der Waals surface area contributed by atoms with Crippen LogP contribution in [0.4, 0.5) is 11.8 Å². The van der Waals surface area contributed by atoms with Crippen molar-refractivity contribution in [1.29, 1.82) is 0 Å². The maximum Gasteiger partial charge on any atom is 0.271 e. The Morgan fingerprint density at radius 1 is 1.15 bits per heavy atom. The first-order valence-corrected chi connectivity index (χ1v) is 14.2. The molecular formula is C28H30N8O3S. The summed E-state index contributed by atoms with van der Waals surface area (Å²) in [6, 6.07) is 11.1. The average Bonchev–Trinajstić information content (AvgIpc) is 3.79. The number of anilines is 2. The number of likely N-dealkylation sites (tertiary alicyclic amines) is 1. The third kappa shape index (κ3) is 4.73. The van der Waals surface area contributed by atoms with E-state index in [9.17, 15) is 14.7 Å². The largest absolute Gasteiger partial charge is 0.375 e. The van der Waals surface area contributed by atoms with Crippen molar-refractivity contribution in [1.82, 2.24) is 34.9 Å². The van der Waals surface area contributed by atoms with E-state index in [-0.39, 0.29) is 17.9 Å². The van der Waals surface area contributed by atoms with E-state index in [0.717, 1.165) is 36.3 Å². The molecular weight excluding hydrogens is 528 g/mol. The average molecular weight is 559 g/mol. The lowest BCUT2D eigenvalue weighted by Gasteiger charge is -2.21. The molecule has 1 aliphatic heterocycles. The van der Waals surface area contributed by atoms with Crippen molar-refractivity contribution in [2.45, 2.75) is 43.7 Å². The zero-order valence-corrected chi connectivity index (χ0v) is 23.1. The van der Waals surface area contributed by atoms with Gasteiger partial charge in [-0.2, -0.15) is 5.10 Å². The number of hydrogen-bond donors (Lipinski definition) is 3. The molecule has 0 bridgehead atoms. The van der Waals surface area contributed by atoms with Crippen molar-refractivity contribution in [2.24, 2.45) is 0 Å². The van der Waals surface area contributed by atoms with E-state index in [1.165, 1.54) is 11.3 Å². The fourth-order valence-electron chi connectivity index (χ4n) is 5.39. The van der Waals surface area contributed by atoms with Gasteiger partial charge in [-0.15, -0.1) is 11.3 Å². The minimum absolute atomic E-state index is 0.221. The normalized spacial score (nSPS) is 19.4. The van der Waals surface area contributed by atoms with Crippen molar-refractivity contribution in [3.05, 3.63) is 59.2 Å². The topological polar surface area (TPSA) is 138 Å². The van der Waals surface area contributed by atoms with Crippen LogP contribution in [0.25, 0.3) is 22.0 Å². The van der Waals surface area contributed by atoms with Crippen LogP contribution in [0, 0.1) is 0 Å². The number of hydrogen-bond acceptors (Lipinski definition) is 9. The van der Waals surface area contributed by atoms with Crippen molar-refractivity contribution in [2.75, 3.05) is 26.0 Å². The van der Waals surface area contributed by atoms with Crippen LogP contribution in [-0.4, -0.2) is 67.2 Å². The van der Waals surface area contributed by atoms with Gasteiger partial charge in [0.25, 0.3) is 11.8 Å². The molecule has 1 unspecified atom stereocenters. The van der Waals surface area contributed by atoms with Gasteiger partial charge in [-0.25, -0.2) is 19.6 Å². The minimum atomic E-state index is -1.51. The molecule has 1 aromatic carbocycles. The Morgan fingerprint density at radius 3 is 2.73 bits per heavy atom. The summed E-state index contributed by atoms with van der Waals surface area (Å²) >= 11 is 1.46. The number of benzene rings is 1. The molecule has 0 radical (unpaired) electrons. The van der Waals surface area contributed by atoms with E-state index in [0.29, 0.717) is 47.4 Å². The van der Waals surface area contributed by atoms with Crippen LogP contribution in [-0.2, 0) is 10.4 Å². The number of rotatable bonds is 7. The van der Waals surface area contributed by atoms with Gasteiger partial charge in [0.15, 0.2) is 11.3 Å². The number of carbonyl (C=O) groups excluding carboxylic acids is 2. The Hall–Kier alpha value is -4.16. The molecule has 1 saturated carbocycles. The summed E-state index contributed by atoms with van der Waals surface area (Å²) in [4.78, 5) is 40.3. The van der Waals surface area contributed by atoms with E-state index in [1.807, 2.05) is 28.3 Å². The summed E-state index contributed by atoms with van der Waals surface area (Å²) in [6.07, 6.45) is 6.30. The van der Waals surface area contributed by atoms with Gasteiger partial charge in [-0.3, -0.25) is 9.59 Å². The lowest BCUT2D eigenvalue weighted by Crippen LogP contribution is -2.36. The summed E-state index contributed by atoms with van der Waals surface area (Å²) in [5.41, 5.74) is 1.54. The highest BCUT2D eigenvalue weighted by molar-refractivity contribution is 7.13. The van der Waals surface area contributed by atoms with Crippen LogP contribution in [0.1, 0.15) is 54.2 Å². The van der Waals surface area contributed by atoms with E-state index in [4.69, 9.17) is 4.98 Å². The zero-order valence-electron chi connectivity index (χ0n) is 22.3. The van der Waals surface area contributed by atoms with Crippen LogP contribution in [0.3, 0.4) is 0 Å². The molecule has 12 heteroatoms. The van der Waals surface area contributed by atoms with E-state index < -0.39 is 5.60 Å². The van der Waals surface area contributed by atoms with Crippen molar-refractivity contribution < 1.29 is 14.7 Å². The second-order valence-electron chi connectivity index (χ2n) is 10.2. The van der Waals surface area contributed by atoms with E-state index in [2.05, 4.69) is 25.7 Å². The van der Waals surface area contributed by atoms with Crippen molar-refractivity contribution >= 4 is 34.9 Å². The lowest BCUT2D eigenvalue weighted by atomic mass is 9.91. The lowest BCUT2D eigenvalue weighted by molar-refractivity contribution is -0.143. The Labute approximate surface area is 235 Å². The maximum absolute atomic E-state index is 12.6. The molecule has 1 atom stereocenters. The predicted molar refractivity (Wildman–Crippen MR) is 151 cm³/mol. The first-order valence-electron chi connectivity index (χ1n) is 13.3. The van der Waals surface area contributed by atoms with Crippen molar-refractivity contribution in [3.8, 4) is 22.0 Å². The second-order valence-corrected chi connectivity index (χ2v) is 11.1. The highest BCUT2D eigenvalue weighted by Gasteiger charge is 2.45. The Balaban J connectivity index is 1.26. The maximum atomic E-state index is 12.6. The fraction of sp³-hybridized carbons (Fsp3) is 0.357. The molecule has 1 aliphatic carbocycles. The van der Waals surface area contributed by atoms with E-state index in [1.54, 1.807) is 43.4 Å². The molecule has 3 N–H and O–H groups in total. The number of nitrogens with zero attached hydrogens (tertiary/aromatic N) is 6. The van der Waals surface area contributed by atoms with Crippen LogP contribution in [0.5, 0.6) is 0 Å². The predicted octanol–water partition coefficient (Wildman–Crippen LogP) is 3.73. The van der Waals surface area contributed by atoms with Gasteiger partial charge >= 0.3 is 0 Å². The van der Waals surface area contributed by atoms with Gasteiger partial charge in [0.1, 0.15) is 16.5 Å². The molecule has 4 aromatic rings. The standard InChI is InChI=1S/C28H30N8O3S/c1-29-24(37)21-15-23(36(34-21)19-8-3-4-9-19)33-27-30-12-10-20(32-27)22-16-40-25(31-22)17-6-5-7-18(14-17)28(39)11-13-35(2)26(28)38/h5-7,10,12,14-16,19,39H,3-4,8-9,11,13H2,1-2H3,(H,29,37)(H,30,32,33). The molecule has 2 aliphatic rings. The highest BCUT2D eigenvalue weighted by Crippen LogP contribution is 2.36. The Morgan fingerprint density at radius 2 is 1.98 bits per heavy atom. The summed E-state index contributed by atoms with van der Waals surface area (Å²) in [5.74, 6) is 0.512. The summed E-state index contributed by atoms with van der Waals surface area (Å²) in [5, 5.41) is 24.2. The van der Waals surface area contributed by atoms with Gasteiger partial charge in [-0.05, 0) is 30.5 Å². The summed E-state index contributed by atoms with van der Waals surface area (Å²) < 4.78 is 1.88. The number of carbonyl (C=O) groups is 2. The summed E-state index contributed by atoms with van der Waals surface area (Å²) in [6.45, 7) is 0.513. The van der Waals surface area contributed by atoms with Crippen LogP contribution < -0.4 is 10.6 Å². The smallest absolute Gasteiger partial charge is 0.271 e. The second kappa shape index (κ2) is 10.4. The third-order valence-electron chi connectivity index (χ3n) is 7.62. The molecule has 3 aromatic heterocycles. The number of nitrogens with one attached hydrogen (secondary N) is 2. The molecule has 0 spiro atoms. The minimum Gasteiger partial charge on any atom is -0.375 e. The number of aromatic nitrogens is 5. The molecule has 2 fully saturated rings. The van der Waals surface area contributed by atoms with Crippen molar-refractivity contribution in [3.63, 3.8) is 0 Å².